The Bertz CT molecular complexity index is 350. The number of nitrogens with one attached hydrogen (secondary N) is 2. The van der Waals surface area contributed by atoms with Crippen LogP contribution in [0.25, 0.3) is 0 Å². The van der Waals surface area contributed by atoms with E-state index in [2.05, 4.69) is 15.8 Å². The van der Waals surface area contributed by atoms with Crippen LogP contribution in [-0.2, 0) is 11.3 Å². The molecule has 1 atom stereocenters. The van der Waals surface area contributed by atoms with E-state index in [1.54, 1.807) is 13.0 Å². The van der Waals surface area contributed by atoms with E-state index in [4.69, 9.17) is 9.63 Å². The van der Waals surface area contributed by atoms with Gasteiger partial charge in [-0.3, -0.25) is 0 Å². The Labute approximate surface area is 91.8 Å². The van der Waals surface area contributed by atoms with Crippen LogP contribution in [0.4, 0.5) is 4.79 Å². The van der Waals surface area contributed by atoms with E-state index in [0.29, 0.717) is 12.2 Å². The zero-order valence-corrected chi connectivity index (χ0v) is 8.77. The Hall–Kier alpha value is -2.05. The topological polar surface area (TPSA) is 104 Å². The maximum atomic E-state index is 11.3. The van der Waals surface area contributed by atoms with Crippen LogP contribution in [-0.4, -0.2) is 28.3 Å². The molecule has 2 amide bonds. The van der Waals surface area contributed by atoms with Gasteiger partial charge in [0, 0.05) is 6.07 Å². The average Bonchev–Trinajstić information content (AvgIpc) is 2.75. The quantitative estimate of drug-likeness (QED) is 0.672. The molecule has 0 radical (unpaired) electrons. The van der Waals surface area contributed by atoms with E-state index in [-0.39, 0.29) is 6.54 Å². The molecule has 1 aromatic rings. The van der Waals surface area contributed by atoms with Crippen molar-refractivity contribution in [1.29, 1.82) is 0 Å². The van der Waals surface area contributed by atoms with Gasteiger partial charge in [-0.15, -0.1) is 0 Å². The smallest absolute Gasteiger partial charge is 0.326 e. The van der Waals surface area contributed by atoms with Gasteiger partial charge in [0.15, 0.2) is 5.76 Å². The summed E-state index contributed by atoms with van der Waals surface area (Å²) in [6.45, 7) is 1.84. The second-order valence-electron chi connectivity index (χ2n) is 3.10. The molecule has 1 rings (SSSR count). The first-order chi connectivity index (χ1) is 7.63. The van der Waals surface area contributed by atoms with Crippen molar-refractivity contribution in [3.8, 4) is 0 Å². The fourth-order valence-corrected chi connectivity index (χ4v) is 1.05. The van der Waals surface area contributed by atoms with Gasteiger partial charge < -0.3 is 20.3 Å². The molecule has 1 unspecified atom stereocenters. The number of carbonyl (C=O) groups excluding carboxylic acids is 1. The number of amides is 2. The first kappa shape index (κ1) is 12.0. The van der Waals surface area contributed by atoms with Crippen LogP contribution < -0.4 is 10.6 Å². The number of hydrogen-bond donors (Lipinski definition) is 3. The van der Waals surface area contributed by atoms with Crippen molar-refractivity contribution < 1.29 is 19.2 Å². The maximum absolute atomic E-state index is 11.3. The van der Waals surface area contributed by atoms with E-state index < -0.39 is 18.0 Å². The fourth-order valence-electron chi connectivity index (χ4n) is 1.05. The van der Waals surface area contributed by atoms with Crippen LogP contribution in [0.2, 0.25) is 0 Å². The van der Waals surface area contributed by atoms with Gasteiger partial charge in [-0.1, -0.05) is 12.1 Å². The lowest BCUT2D eigenvalue weighted by Gasteiger charge is -2.12. The summed E-state index contributed by atoms with van der Waals surface area (Å²) in [5.41, 5.74) is 0. The number of aromatic nitrogens is 1. The van der Waals surface area contributed by atoms with Gasteiger partial charge in [0.25, 0.3) is 0 Å². The van der Waals surface area contributed by atoms with Gasteiger partial charge in [-0.25, -0.2) is 9.59 Å². The van der Waals surface area contributed by atoms with Gasteiger partial charge in [-0.05, 0) is 6.42 Å². The first-order valence-electron chi connectivity index (χ1n) is 4.80. The Morgan fingerprint density at radius 1 is 1.62 bits per heavy atom. The summed E-state index contributed by atoms with van der Waals surface area (Å²) in [4.78, 5) is 21.9. The molecule has 1 heterocycles. The lowest BCUT2D eigenvalue weighted by atomic mass is 10.2. The molecule has 0 aromatic carbocycles. The Kier molecular flexibility index (Phi) is 4.31. The molecule has 0 fully saturated rings. The van der Waals surface area contributed by atoms with Crippen molar-refractivity contribution in [1.82, 2.24) is 15.8 Å². The van der Waals surface area contributed by atoms with Gasteiger partial charge in [-0.2, -0.15) is 0 Å². The molecule has 7 heteroatoms. The highest BCUT2D eigenvalue weighted by molar-refractivity contribution is 5.82. The van der Waals surface area contributed by atoms with E-state index >= 15 is 0 Å². The van der Waals surface area contributed by atoms with Crippen molar-refractivity contribution in [3.05, 3.63) is 18.0 Å². The molecule has 0 aliphatic rings. The zero-order valence-electron chi connectivity index (χ0n) is 8.77. The molecule has 7 nitrogen and oxygen atoms in total. The molecular formula is C9H13N3O4. The average molecular weight is 227 g/mol. The minimum absolute atomic E-state index is 0.169. The number of hydrogen-bond acceptors (Lipinski definition) is 4. The normalized spacial score (nSPS) is 11.8. The molecule has 0 spiro atoms. The standard InChI is InChI=1S/C9H13N3O4/c1-2-7(8(13)14)12-9(15)10-5-6-3-4-11-16-6/h3-4,7H,2,5H2,1H3,(H,13,14)(H2,10,12,15). The third-order valence-electron chi connectivity index (χ3n) is 1.93. The SMILES string of the molecule is CCC(NC(=O)NCc1ccno1)C(=O)O. The van der Waals surface area contributed by atoms with Crippen molar-refractivity contribution >= 4 is 12.0 Å². The van der Waals surface area contributed by atoms with Gasteiger partial charge in [0.1, 0.15) is 6.04 Å². The third-order valence-corrected chi connectivity index (χ3v) is 1.93. The molecule has 3 N–H and O–H groups in total. The monoisotopic (exact) mass is 227 g/mol. The lowest BCUT2D eigenvalue weighted by molar-refractivity contribution is -0.139. The lowest BCUT2D eigenvalue weighted by Crippen LogP contribution is -2.45. The number of rotatable bonds is 5. The predicted octanol–water partition coefficient (Wildman–Crippen LogP) is 0.337. The second kappa shape index (κ2) is 5.74. The molecule has 88 valence electrons. The molecule has 1 aromatic heterocycles. The van der Waals surface area contributed by atoms with Crippen LogP contribution in [0.5, 0.6) is 0 Å². The minimum atomic E-state index is -1.06. The summed E-state index contributed by atoms with van der Waals surface area (Å²) in [6.07, 6.45) is 1.78. The summed E-state index contributed by atoms with van der Waals surface area (Å²) in [6, 6.07) is 0.176. The summed E-state index contributed by atoms with van der Waals surface area (Å²) < 4.78 is 4.75. The van der Waals surface area contributed by atoms with E-state index in [1.807, 2.05) is 0 Å². The van der Waals surface area contributed by atoms with Crippen molar-refractivity contribution in [2.75, 3.05) is 0 Å². The summed E-state index contributed by atoms with van der Waals surface area (Å²) in [5.74, 6) is -0.559. The molecule has 0 saturated heterocycles. The van der Waals surface area contributed by atoms with Crippen molar-refractivity contribution in [2.45, 2.75) is 25.9 Å². The summed E-state index contributed by atoms with van der Waals surface area (Å²) in [5, 5.41) is 16.9. The predicted molar refractivity (Wildman–Crippen MR) is 53.6 cm³/mol. The minimum Gasteiger partial charge on any atom is -0.480 e. The Morgan fingerprint density at radius 3 is 2.88 bits per heavy atom. The zero-order chi connectivity index (χ0) is 12.0. The Balaban J connectivity index is 2.33. The number of carbonyl (C=O) groups is 2. The van der Waals surface area contributed by atoms with E-state index in [9.17, 15) is 9.59 Å². The second-order valence-corrected chi connectivity index (χ2v) is 3.10. The first-order valence-corrected chi connectivity index (χ1v) is 4.80. The van der Waals surface area contributed by atoms with Gasteiger partial charge >= 0.3 is 12.0 Å². The fraction of sp³-hybridized carbons (Fsp3) is 0.444. The van der Waals surface area contributed by atoms with Crippen LogP contribution in [0, 0.1) is 0 Å². The third kappa shape index (κ3) is 3.60. The molecule has 0 bridgehead atoms. The highest BCUT2D eigenvalue weighted by Gasteiger charge is 2.17. The van der Waals surface area contributed by atoms with Crippen LogP contribution in [0.3, 0.4) is 0 Å². The van der Waals surface area contributed by atoms with Crippen LogP contribution in [0.15, 0.2) is 16.8 Å². The van der Waals surface area contributed by atoms with Gasteiger partial charge in [0.05, 0.1) is 12.7 Å². The van der Waals surface area contributed by atoms with Crippen LogP contribution >= 0.6 is 0 Å². The van der Waals surface area contributed by atoms with Crippen molar-refractivity contribution in [2.24, 2.45) is 0 Å². The maximum Gasteiger partial charge on any atom is 0.326 e. The van der Waals surface area contributed by atoms with E-state index in [1.165, 1.54) is 6.20 Å². The van der Waals surface area contributed by atoms with E-state index in [0.717, 1.165) is 0 Å². The van der Waals surface area contributed by atoms with Crippen LogP contribution in [0.1, 0.15) is 19.1 Å². The summed E-state index contributed by atoms with van der Waals surface area (Å²) in [7, 11) is 0. The Morgan fingerprint density at radius 2 is 2.38 bits per heavy atom. The highest BCUT2D eigenvalue weighted by atomic mass is 16.5. The molecule has 16 heavy (non-hydrogen) atoms. The largest absolute Gasteiger partial charge is 0.480 e. The summed E-state index contributed by atoms with van der Waals surface area (Å²) >= 11 is 0. The number of aliphatic carboxylic acids is 1. The number of urea groups is 1. The van der Waals surface area contributed by atoms with Gasteiger partial charge in [0.2, 0.25) is 0 Å². The van der Waals surface area contributed by atoms with Crippen molar-refractivity contribution in [3.63, 3.8) is 0 Å². The molecular weight excluding hydrogens is 214 g/mol. The molecule has 0 saturated carbocycles. The molecule has 0 aliphatic carbocycles. The highest BCUT2D eigenvalue weighted by Crippen LogP contribution is 1.95. The molecule has 0 aliphatic heterocycles. The number of nitrogens with zero attached hydrogens (tertiary/aromatic N) is 1. The number of carboxylic acids is 1. The number of carboxylic acid groups (broad SMARTS) is 1.